The van der Waals surface area contributed by atoms with E-state index in [0.29, 0.717) is 0 Å². The molecule has 8 bridgehead atoms. The minimum Gasteiger partial charge on any atom is -0.664 e. The van der Waals surface area contributed by atoms with Crippen molar-refractivity contribution in [2.75, 3.05) is 0 Å². The molecule has 8 unspecified atom stereocenters. The average Bonchev–Trinajstić information content (AvgIpc) is 3.99. The van der Waals surface area contributed by atoms with Gasteiger partial charge < -0.3 is 20.6 Å². The molecule has 268 valence electrons. The first-order valence-corrected chi connectivity index (χ1v) is 18.8. The van der Waals surface area contributed by atoms with E-state index in [1.54, 1.807) is 0 Å². The van der Waals surface area contributed by atoms with E-state index in [9.17, 15) is 0 Å². The fraction of sp³-hybridized carbons (Fsp3) is 0.250. The Kier molecular flexibility index (Phi) is 9.76. The van der Waals surface area contributed by atoms with Crippen molar-refractivity contribution in [1.29, 1.82) is 0 Å². The molecule has 53 heavy (non-hydrogen) atoms. The zero-order chi connectivity index (χ0) is 35.3. The Bertz CT molecular complexity index is 1910. The number of rotatable bonds is 4. The fourth-order valence-electron chi connectivity index (χ4n) is 8.80. The summed E-state index contributed by atoms with van der Waals surface area (Å²) >= 11 is 0. The Morgan fingerprint density at radius 1 is 0.321 bits per heavy atom. The van der Waals surface area contributed by atoms with E-state index in [1.165, 1.54) is 44.5 Å². The van der Waals surface area contributed by atoms with Crippen molar-refractivity contribution in [3.63, 3.8) is 0 Å². The largest absolute Gasteiger partial charge is 2.00 e. The van der Waals surface area contributed by atoms with Crippen molar-refractivity contribution in [1.82, 2.24) is 20.6 Å². The summed E-state index contributed by atoms with van der Waals surface area (Å²) in [4.78, 5) is 11.1. The number of fused-ring (bicyclic) bond motifs is 8. The van der Waals surface area contributed by atoms with Gasteiger partial charge in [-0.3, -0.25) is 0 Å². The van der Waals surface area contributed by atoms with Crippen molar-refractivity contribution in [2.24, 2.45) is 0 Å². The summed E-state index contributed by atoms with van der Waals surface area (Å²) in [5.74, 6) is 0.203. The molecule has 0 radical (unpaired) electrons. The van der Waals surface area contributed by atoms with Gasteiger partial charge in [0, 0.05) is 47.8 Å². The van der Waals surface area contributed by atoms with Crippen molar-refractivity contribution in [2.45, 2.75) is 75.5 Å². The second-order valence-electron chi connectivity index (χ2n) is 15.3. The number of aromatic nitrogens is 2. The summed E-state index contributed by atoms with van der Waals surface area (Å²) in [6.07, 6.45) is 9.52. The van der Waals surface area contributed by atoms with Crippen LogP contribution in [0.5, 0.6) is 0 Å². The molecule has 5 heteroatoms. The van der Waals surface area contributed by atoms with Crippen LogP contribution in [-0.2, 0) is 16.5 Å². The first-order chi connectivity index (χ1) is 25.4. The van der Waals surface area contributed by atoms with Crippen molar-refractivity contribution < 1.29 is 16.5 Å². The first-order valence-electron chi connectivity index (χ1n) is 18.8. The van der Waals surface area contributed by atoms with Crippen molar-refractivity contribution >= 4 is 0 Å². The maximum absolute atomic E-state index is 5.56. The topological polar surface area (TPSA) is 52.3 Å². The third-order valence-corrected chi connectivity index (χ3v) is 11.6. The summed E-state index contributed by atoms with van der Waals surface area (Å²) < 4.78 is 0. The number of benzene rings is 4. The zero-order valence-electron chi connectivity index (χ0n) is 30.7. The predicted molar refractivity (Wildman–Crippen MR) is 211 cm³/mol. The molecule has 0 saturated heterocycles. The van der Waals surface area contributed by atoms with Crippen LogP contribution >= 0.6 is 0 Å². The molecule has 8 atom stereocenters. The van der Waals surface area contributed by atoms with Gasteiger partial charge in [0.05, 0.1) is 0 Å². The molecule has 0 spiro atoms. The second kappa shape index (κ2) is 14.6. The third kappa shape index (κ3) is 6.83. The quantitative estimate of drug-likeness (QED) is 0.140. The molecule has 5 heterocycles. The fourth-order valence-corrected chi connectivity index (χ4v) is 8.80. The number of hydrogen-bond acceptors (Lipinski definition) is 2. The van der Waals surface area contributed by atoms with E-state index in [1.807, 2.05) is 0 Å². The molecule has 2 N–H and O–H groups in total. The van der Waals surface area contributed by atoms with Gasteiger partial charge in [-0.1, -0.05) is 168 Å². The summed E-state index contributed by atoms with van der Waals surface area (Å²) in [7, 11) is 0. The minimum absolute atomic E-state index is 0. The van der Waals surface area contributed by atoms with Crippen LogP contribution in [-0.4, -0.2) is 24.2 Å². The second-order valence-corrected chi connectivity index (χ2v) is 15.3. The van der Waals surface area contributed by atoms with Gasteiger partial charge in [-0.05, 0) is 49.9 Å². The van der Waals surface area contributed by atoms with Gasteiger partial charge >= 0.3 is 16.5 Å². The molecule has 0 fully saturated rings. The number of nitrogens with one attached hydrogen (secondary N) is 2. The predicted octanol–water partition coefficient (Wildman–Crippen LogP) is 8.87. The van der Waals surface area contributed by atoms with Crippen LogP contribution in [0.2, 0.25) is 0 Å². The van der Waals surface area contributed by atoms with Crippen molar-refractivity contribution in [3.05, 3.63) is 213 Å². The van der Waals surface area contributed by atoms with Gasteiger partial charge in [0.15, 0.2) is 0 Å². The number of aryl methyl sites for hydroxylation is 4. The summed E-state index contributed by atoms with van der Waals surface area (Å²) in [6, 6.07) is 45.5. The molecule has 9 rings (SSSR count). The van der Waals surface area contributed by atoms with Gasteiger partial charge in [-0.15, -0.1) is 0 Å². The van der Waals surface area contributed by atoms with Crippen LogP contribution in [0.15, 0.2) is 146 Å². The van der Waals surface area contributed by atoms with E-state index in [-0.39, 0.29) is 64.3 Å². The van der Waals surface area contributed by atoms with Crippen LogP contribution in [0.4, 0.5) is 0 Å². The molecule has 0 amide bonds. The van der Waals surface area contributed by atoms with E-state index < -0.39 is 0 Å². The average molecular weight is 738 g/mol. The van der Waals surface area contributed by atoms with Gasteiger partial charge in [0.2, 0.25) is 0 Å². The molecule has 6 aromatic rings. The van der Waals surface area contributed by atoms with Crippen LogP contribution in [0.3, 0.4) is 0 Å². The SMILES string of the molecule is Cc1ccc(C2c3ccc([n-]3)C(c3ccc(C)cc3)C3C=CC(N3)C(c3ccc(C)cc3)c3ccc([n-]3)C(c3ccc(C)cc3)C3C=CC2N3)cc1.[Ni+2]. The van der Waals surface area contributed by atoms with Crippen molar-refractivity contribution in [3.8, 4) is 0 Å². The molecular formula is C48H46N4Ni. The number of nitrogens with zero attached hydrogens (tertiary/aromatic N) is 2. The molecule has 3 aliphatic heterocycles. The molecule has 3 aliphatic rings. The molecule has 0 saturated carbocycles. The smallest absolute Gasteiger partial charge is 0.664 e. The first kappa shape index (κ1) is 35.4. The van der Waals surface area contributed by atoms with Gasteiger partial charge in [-0.25, -0.2) is 0 Å². The maximum atomic E-state index is 5.56. The van der Waals surface area contributed by atoms with Crippen LogP contribution in [0.25, 0.3) is 0 Å². The van der Waals surface area contributed by atoms with E-state index in [0.717, 1.165) is 22.8 Å². The Morgan fingerprint density at radius 3 is 0.736 bits per heavy atom. The molecule has 0 aliphatic carbocycles. The third-order valence-electron chi connectivity index (χ3n) is 11.6. The van der Waals surface area contributed by atoms with Crippen LogP contribution in [0, 0.1) is 27.7 Å². The van der Waals surface area contributed by atoms with Gasteiger partial charge in [0.25, 0.3) is 0 Å². The normalized spacial score (nSPS) is 26.0. The monoisotopic (exact) mass is 736 g/mol. The Morgan fingerprint density at radius 2 is 0.528 bits per heavy atom. The Balaban J connectivity index is 0.00000400. The Labute approximate surface area is 324 Å². The van der Waals surface area contributed by atoms with E-state index in [4.69, 9.17) is 9.97 Å². The molecule has 4 nitrogen and oxygen atoms in total. The van der Waals surface area contributed by atoms with Crippen LogP contribution in [0.1, 0.15) is 91.0 Å². The van der Waals surface area contributed by atoms with Gasteiger partial charge in [0.1, 0.15) is 0 Å². The maximum Gasteiger partial charge on any atom is 2.00 e. The van der Waals surface area contributed by atoms with E-state index in [2.05, 4.69) is 184 Å². The zero-order valence-corrected chi connectivity index (χ0v) is 31.7. The molecule has 2 aromatic heterocycles. The standard InChI is InChI=1S/C48H46N4.Ni/c1-29-5-13-33(14-6-29)45-37-21-23-39(49-37)46(34-15-7-30(2)8-16-34)41-25-27-43(51-41)48(36-19-11-32(4)12-20-36)44-28-26-42(52-44)47(40-24-22-38(45)50-40)35-17-9-31(3)10-18-35;/h5-28,37,39,42,44-49,52H,1-4H3;/q-2;+2. The summed E-state index contributed by atoms with van der Waals surface area (Å²) in [5.41, 5.74) is 14.5. The Hall–Kier alpha value is -4.67. The minimum atomic E-state index is 0. The van der Waals surface area contributed by atoms with Gasteiger partial charge in [-0.2, -0.15) is 22.8 Å². The summed E-state index contributed by atoms with van der Waals surface area (Å²) in [6.45, 7) is 8.63. The summed E-state index contributed by atoms with van der Waals surface area (Å²) in [5, 5.41) is 8.22. The van der Waals surface area contributed by atoms with Crippen LogP contribution < -0.4 is 20.6 Å². The van der Waals surface area contributed by atoms with E-state index >= 15 is 0 Å². The number of hydrogen-bond donors (Lipinski definition) is 2. The molecular weight excluding hydrogens is 691 g/mol. The molecule has 4 aromatic carbocycles.